The fourth-order valence-corrected chi connectivity index (χ4v) is 2.82. The number of carbonyl (C=O) groups excluding carboxylic acids is 1. The Morgan fingerprint density at radius 1 is 1.24 bits per heavy atom. The van der Waals surface area contributed by atoms with Gasteiger partial charge < -0.3 is 9.64 Å². The zero-order valence-corrected chi connectivity index (χ0v) is 14.0. The van der Waals surface area contributed by atoms with E-state index >= 15 is 0 Å². The number of hydrogen-bond donors (Lipinski definition) is 0. The van der Waals surface area contributed by atoms with E-state index in [0.717, 1.165) is 25.8 Å². The number of nitrogens with zero attached hydrogens (tertiary/aromatic N) is 1. The summed E-state index contributed by atoms with van der Waals surface area (Å²) >= 11 is 0. The molecule has 1 heterocycles. The summed E-state index contributed by atoms with van der Waals surface area (Å²) in [6.07, 6.45) is 2.80. The Bertz CT molecular complexity index is 512. The third-order valence-electron chi connectivity index (χ3n) is 3.94. The Labute approximate surface area is 128 Å². The lowest BCUT2D eigenvalue weighted by Crippen LogP contribution is -2.40. The van der Waals surface area contributed by atoms with Crippen LogP contribution in [-0.4, -0.2) is 23.1 Å². The smallest absolute Gasteiger partial charge is 0.410 e. The van der Waals surface area contributed by atoms with Crippen LogP contribution >= 0.6 is 0 Å². The molecule has 0 aliphatic carbocycles. The zero-order valence-electron chi connectivity index (χ0n) is 14.0. The lowest BCUT2D eigenvalue weighted by atomic mass is 9.91. The Balaban J connectivity index is 2.22. The zero-order chi connectivity index (χ0) is 15.6. The fraction of sp³-hybridized carbons (Fsp3) is 0.611. The van der Waals surface area contributed by atoms with Crippen LogP contribution in [-0.2, 0) is 30.5 Å². The van der Waals surface area contributed by atoms with Crippen molar-refractivity contribution in [1.29, 1.82) is 0 Å². The number of aryl methyl sites for hydroxylation is 2. The van der Waals surface area contributed by atoms with Gasteiger partial charge in [-0.25, -0.2) is 4.79 Å². The molecule has 0 fully saturated rings. The Kier molecular flexibility index (Phi) is 4.60. The fourth-order valence-electron chi connectivity index (χ4n) is 2.82. The van der Waals surface area contributed by atoms with Gasteiger partial charge in [-0.15, -0.1) is 0 Å². The minimum Gasteiger partial charge on any atom is -0.444 e. The molecule has 0 saturated heterocycles. The molecule has 0 radical (unpaired) electrons. The van der Waals surface area contributed by atoms with Crippen molar-refractivity contribution in [2.45, 2.75) is 66.0 Å². The molecule has 0 atom stereocenters. The highest BCUT2D eigenvalue weighted by molar-refractivity contribution is 5.69. The van der Waals surface area contributed by atoms with Gasteiger partial charge >= 0.3 is 6.09 Å². The van der Waals surface area contributed by atoms with Gasteiger partial charge in [-0.3, -0.25) is 0 Å². The Morgan fingerprint density at radius 3 is 2.52 bits per heavy atom. The molecule has 1 aromatic carbocycles. The quantitative estimate of drug-likeness (QED) is 0.820. The lowest BCUT2D eigenvalue weighted by Gasteiger charge is -2.32. The van der Waals surface area contributed by atoms with Crippen molar-refractivity contribution in [2.75, 3.05) is 6.54 Å². The van der Waals surface area contributed by atoms with Gasteiger partial charge in [0.05, 0.1) is 0 Å². The molecular weight excluding hydrogens is 262 g/mol. The topological polar surface area (TPSA) is 29.5 Å². The van der Waals surface area contributed by atoms with Crippen LogP contribution in [0.1, 0.15) is 56.9 Å². The number of rotatable bonds is 2. The second-order valence-electron chi connectivity index (χ2n) is 6.75. The number of fused-ring (bicyclic) bond motifs is 1. The molecule has 0 N–H and O–H groups in total. The van der Waals surface area contributed by atoms with Crippen LogP contribution in [0.15, 0.2) is 12.1 Å². The minimum atomic E-state index is -0.434. The summed E-state index contributed by atoms with van der Waals surface area (Å²) in [6.45, 7) is 11.5. The SMILES string of the molecule is CCc1cc(CC)c2c(c1)CCN(C(=O)OC(C)(C)C)C2. The van der Waals surface area contributed by atoms with E-state index in [0.29, 0.717) is 6.54 Å². The van der Waals surface area contributed by atoms with Crippen LogP contribution in [0.25, 0.3) is 0 Å². The first-order valence-corrected chi connectivity index (χ1v) is 7.95. The molecule has 21 heavy (non-hydrogen) atoms. The first-order chi connectivity index (χ1) is 9.84. The van der Waals surface area contributed by atoms with Gasteiger partial charge in [-0.05, 0) is 62.3 Å². The predicted octanol–water partition coefficient (Wildman–Crippen LogP) is 4.10. The van der Waals surface area contributed by atoms with Crippen LogP contribution < -0.4 is 0 Å². The number of ether oxygens (including phenoxy) is 1. The molecule has 0 spiro atoms. The molecule has 3 heteroatoms. The second-order valence-corrected chi connectivity index (χ2v) is 6.75. The normalized spacial score (nSPS) is 14.8. The van der Waals surface area contributed by atoms with Crippen molar-refractivity contribution >= 4 is 6.09 Å². The summed E-state index contributed by atoms with van der Waals surface area (Å²) in [4.78, 5) is 14.1. The number of amides is 1. The number of benzene rings is 1. The van der Waals surface area contributed by atoms with Crippen LogP contribution in [0.2, 0.25) is 0 Å². The molecule has 0 aromatic heterocycles. The summed E-state index contributed by atoms with van der Waals surface area (Å²) in [6, 6.07) is 4.60. The minimum absolute atomic E-state index is 0.199. The average molecular weight is 289 g/mol. The van der Waals surface area contributed by atoms with Gasteiger partial charge in [0, 0.05) is 13.1 Å². The van der Waals surface area contributed by atoms with E-state index in [9.17, 15) is 4.79 Å². The summed E-state index contributed by atoms with van der Waals surface area (Å²) in [5, 5.41) is 0. The first-order valence-electron chi connectivity index (χ1n) is 7.95. The molecule has 3 nitrogen and oxygen atoms in total. The van der Waals surface area contributed by atoms with E-state index in [4.69, 9.17) is 4.74 Å². The molecule has 1 aliphatic rings. The van der Waals surface area contributed by atoms with Gasteiger partial charge in [0.1, 0.15) is 5.60 Å². The third-order valence-corrected chi connectivity index (χ3v) is 3.94. The van der Waals surface area contributed by atoms with E-state index in [1.807, 2.05) is 25.7 Å². The third kappa shape index (κ3) is 3.78. The molecule has 1 aromatic rings. The van der Waals surface area contributed by atoms with E-state index in [2.05, 4.69) is 26.0 Å². The Morgan fingerprint density at radius 2 is 1.95 bits per heavy atom. The second kappa shape index (κ2) is 6.08. The van der Waals surface area contributed by atoms with Gasteiger partial charge in [-0.1, -0.05) is 26.0 Å². The molecule has 2 rings (SSSR count). The number of carbonyl (C=O) groups is 1. The number of hydrogen-bond acceptors (Lipinski definition) is 2. The van der Waals surface area contributed by atoms with Crippen molar-refractivity contribution in [3.63, 3.8) is 0 Å². The summed E-state index contributed by atoms with van der Waals surface area (Å²) in [5.41, 5.74) is 5.07. The maximum absolute atomic E-state index is 12.2. The summed E-state index contributed by atoms with van der Waals surface area (Å²) < 4.78 is 5.50. The van der Waals surface area contributed by atoms with Gasteiger partial charge in [0.25, 0.3) is 0 Å². The highest BCUT2D eigenvalue weighted by atomic mass is 16.6. The van der Waals surface area contributed by atoms with Crippen LogP contribution in [0, 0.1) is 0 Å². The lowest BCUT2D eigenvalue weighted by molar-refractivity contribution is 0.0223. The van der Waals surface area contributed by atoms with Crippen molar-refractivity contribution in [3.05, 3.63) is 34.4 Å². The van der Waals surface area contributed by atoms with Gasteiger partial charge in [-0.2, -0.15) is 0 Å². The molecular formula is C18H27NO2. The molecule has 0 saturated carbocycles. The highest BCUT2D eigenvalue weighted by Crippen LogP contribution is 2.26. The summed E-state index contributed by atoms with van der Waals surface area (Å²) in [7, 11) is 0. The molecule has 116 valence electrons. The van der Waals surface area contributed by atoms with Crippen molar-refractivity contribution < 1.29 is 9.53 Å². The van der Waals surface area contributed by atoms with Crippen LogP contribution in [0.3, 0.4) is 0 Å². The van der Waals surface area contributed by atoms with Crippen LogP contribution in [0.5, 0.6) is 0 Å². The monoisotopic (exact) mass is 289 g/mol. The molecule has 0 bridgehead atoms. The standard InChI is InChI=1S/C18H27NO2/c1-6-13-10-14(7-2)16-12-19(9-8-15(16)11-13)17(20)21-18(3,4)5/h10-11H,6-9,12H2,1-5H3. The van der Waals surface area contributed by atoms with E-state index < -0.39 is 5.60 Å². The van der Waals surface area contributed by atoms with Crippen molar-refractivity contribution in [2.24, 2.45) is 0 Å². The largest absolute Gasteiger partial charge is 0.444 e. The Hall–Kier alpha value is -1.51. The van der Waals surface area contributed by atoms with E-state index in [1.165, 1.54) is 22.3 Å². The molecule has 0 unspecified atom stereocenters. The summed E-state index contributed by atoms with van der Waals surface area (Å²) in [5.74, 6) is 0. The predicted molar refractivity (Wildman–Crippen MR) is 85.5 cm³/mol. The van der Waals surface area contributed by atoms with E-state index in [1.54, 1.807) is 0 Å². The molecule has 1 aliphatic heterocycles. The van der Waals surface area contributed by atoms with Crippen molar-refractivity contribution in [3.8, 4) is 0 Å². The first kappa shape index (κ1) is 15.9. The van der Waals surface area contributed by atoms with Gasteiger partial charge in [0.2, 0.25) is 0 Å². The van der Waals surface area contributed by atoms with E-state index in [-0.39, 0.29) is 6.09 Å². The van der Waals surface area contributed by atoms with Gasteiger partial charge in [0.15, 0.2) is 0 Å². The average Bonchev–Trinajstić information content (AvgIpc) is 2.43. The van der Waals surface area contributed by atoms with Crippen LogP contribution in [0.4, 0.5) is 4.79 Å². The molecule has 1 amide bonds. The highest BCUT2D eigenvalue weighted by Gasteiger charge is 2.26. The maximum atomic E-state index is 12.2. The maximum Gasteiger partial charge on any atom is 0.410 e. The van der Waals surface area contributed by atoms with Crippen molar-refractivity contribution in [1.82, 2.24) is 4.90 Å².